The Morgan fingerprint density at radius 1 is 1.41 bits per heavy atom. The van der Waals surface area contributed by atoms with Gasteiger partial charge in [-0.3, -0.25) is 4.90 Å². The summed E-state index contributed by atoms with van der Waals surface area (Å²) in [5, 5.41) is 8.84. The van der Waals surface area contributed by atoms with Crippen molar-refractivity contribution in [1.82, 2.24) is 9.88 Å². The zero-order chi connectivity index (χ0) is 13.0. The Hall–Kier alpha value is -1.29. The lowest BCUT2D eigenvalue weighted by Gasteiger charge is -2.27. The predicted octanol–water partition coefficient (Wildman–Crippen LogP) is 2.58. The van der Waals surface area contributed by atoms with Crippen LogP contribution in [-0.2, 0) is 6.54 Å². The molecular formula is C13H22N2O2. The molecule has 0 aromatic carbocycles. The lowest BCUT2D eigenvalue weighted by molar-refractivity contribution is 0.0691. The van der Waals surface area contributed by atoms with Gasteiger partial charge >= 0.3 is 5.97 Å². The Balaban J connectivity index is 2.68. The Morgan fingerprint density at radius 3 is 2.47 bits per heavy atom. The largest absolute Gasteiger partial charge is 0.477 e. The standard InChI is InChI=1S/C13H22N2O2/c1-9(2)7-15(10(3)4)8-11-5-12(13(16)17)14-6-11/h5-6,9-10,14H,7-8H2,1-4H3,(H,16,17). The maximum Gasteiger partial charge on any atom is 0.352 e. The third kappa shape index (κ3) is 4.23. The minimum Gasteiger partial charge on any atom is -0.477 e. The van der Waals surface area contributed by atoms with Crippen molar-refractivity contribution in [2.24, 2.45) is 5.92 Å². The molecule has 0 aliphatic rings. The van der Waals surface area contributed by atoms with E-state index in [4.69, 9.17) is 5.11 Å². The van der Waals surface area contributed by atoms with E-state index >= 15 is 0 Å². The van der Waals surface area contributed by atoms with Gasteiger partial charge in [0.25, 0.3) is 0 Å². The van der Waals surface area contributed by atoms with Gasteiger partial charge in [-0.25, -0.2) is 4.79 Å². The van der Waals surface area contributed by atoms with Crippen molar-refractivity contribution in [1.29, 1.82) is 0 Å². The third-order valence-electron chi connectivity index (χ3n) is 2.69. The number of hydrogen-bond donors (Lipinski definition) is 2. The summed E-state index contributed by atoms with van der Waals surface area (Å²) >= 11 is 0. The van der Waals surface area contributed by atoms with Crippen molar-refractivity contribution in [2.75, 3.05) is 6.54 Å². The van der Waals surface area contributed by atoms with Gasteiger partial charge in [0, 0.05) is 25.3 Å². The van der Waals surface area contributed by atoms with Gasteiger partial charge in [-0.05, 0) is 31.4 Å². The minimum absolute atomic E-state index is 0.258. The first-order valence-electron chi connectivity index (χ1n) is 6.04. The fourth-order valence-electron chi connectivity index (χ4n) is 1.82. The molecule has 0 radical (unpaired) electrons. The maximum absolute atomic E-state index is 10.8. The average Bonchev–Trinajstić information content (AvgIpc) is 2.64. The van der Waals surface area contributed by atoms with Gasteiger partial charge in [-0.2, -0.15) is 0 Å². The SMILES string of the molecule is CC(C)CN(Cc1c[nH]c(C(=O)O)c1)C(C)C. The van der Waals surface area contributed by atoms with Crippen molar-refractivity contribution >= 4 is 5.97 Å². The van der Waals surface area contributed by atoms with E-state index in [-0.39, 0.29) is 5.69 Å². The minimum atomic E-state index is -0.906. The molecule has 1 aromatic rings. The highest BCUT2D eigenvalue weighted by atomic mass is 16.4. The van der Waals surface area contributed by atoms with Crippen LogP contribution in [0.5, 0.6) is 0 Å². The maximum atomic E-state index is 10.8. The predicted molar refractivity (Wildman–Crippen MR) is 68.1 cm³/mol. The first-order valence-corrected chi connectivity index (χ1v) is 6.04. The van der Waals surface area contributed by atoms with Crippen LogP contribution in [0.15, 0.2) is 12.3 Å². The lowest BCUT2D eigenvalue weighted by Crippen LogP contribution is -2.33. The molecule has 0 unspecified atom stereocenters. The number of carboxylic acids is 1. The number of aromatic amines is 1. The van der Waals surface area contributed by atoms with E-state index in [2.05, 4.69) is 37.6 Å². The van der Waals surface area contributed by atoms with Gasteiger partial charge in [0.2, 0.25) is 0 Å². The number of H-pyrrole nitrogens is 1. The van der Waals surface area contributed by atoms with Gasteiger partial charge in [-0.1, -0.05) is 13.8 Å². The van der Waals surface area contributed by atoms with E-state index in [1.54, 1.807) is 12.3 Å². The summed E-state index contributed by atoms with van der Waals surface area (Å²) < 4.78 is 0. The van der Waals surface area contributed by atoms with Crippen LogP contribution in [0.4, 0.5) is 0 Å². The van der Waals surface area contributed by atoms with Gasteiger partial charge in [-0.15, -0.1) is 0 Å². The summed E-state index contributed by atoms with van der Waals surface area (Å²) in [4.78, 5) is 15.9. The molecule has 1 aromatic heterocycles. The monoisotopic (exact) mass is 238 g/mol. The van der Waals surface area contributed by atoms with Crippen LogP contribution in [0.3, 0.4) is 0 Å². The fraction of sp³-hybridized carbons (Fsp3) is 0.615. The van der Waals surface area contributed by atoms with Crippen LogP contribution in [0.1, 0.15) is 43.7 Å². The number of rotatable bonds is 6. The number of hydrogen-bond acceptors (Lipinski definition) is 2. The van der Waals surface area contributed by atoms with Crippen LogP contribution in [0, 0.1) is 5.92 Å². The smallest absolute Gasteiger partial charge is 0.352 e. The normalized spacial score (nSPS) is 11.7. The number of carboxylic acid groups (broad SMARTS) is 1. The molecule has 17 heavy (non-hydrogen) atoms. The topological polar surface area (TPSA) is 56.3 Å². The molecular weight excluding hydrogens is 216 g/mol. The Labute approximate surface area is 103 Å². The van der Waals surface area contributed by atoms with Crippen LogP contribution >= 0.6 is 0 Å². The third-order valence-corrected chi connectivity index (χ3v) is 2.69. The Bertz CT molecular complexity index is 369. The van der Waals surface area contributed by atoms with E-state index in [0.717, 1.165) is 18.7 Å². The molecule has 0 atom stereocenters. The summed E-state index contributed by atoms with van der Waals surface area (Å²) in [7, 11) is 0. The highest BCUT2D eigenvalue weighted by Gasteiger charge is 2.13. The van der Waals surface area contributed by atoms with E-state index in [9.17, 15) is 4.79 Å². The molecule has 1 rings (SSSR count). The molecule has 4 heteroatoms. The van der Waals surface area contributed by atoms with Crippen molar-refractivity contribution in [2.45, 2.75) is 40.3 Å². The first-order chi connectivity index (χ1) is 7.90. The Kier molecular flexibility index (Phi) is 4.75. The number of nitrogens with one attached hydrogen (secondary N) is 1. The summed E-state index contributed by atoms with van der Waals surface area (Å²) in [5.41, 5.74) is 1.28. The molecule has 0 saturated carbocycles. The van der Waals surface area contributed by atoms with Crippen LogP contribution in [0.2, 0.25) is 0 Å². The van der Waals surface area contributed by atoms with Crippen LogP contribution < -0.4 is 0 Å². The first kappa shape index (κ1) is 13.8. The van der Waals surface area contributed by atoms with Gasteiger partial charge in [0.15, 0.2) is 0 Å². The van der Waals surface area contributed by atoms with Crippen molar-refractivity contribution < 1.29 is 9.90 Å². The molecule has 96 valence electrons. The molecule has 0 bridgehead atoms. The second kappa shape index (κ2) is 5.87. The number of aromatic carboxylic acids is 1. The van der Waals surface area contributed by atoms with Gasteiger partial charge < -0.3 is 10.1 Å². The van der Waals surface area contributed by atoms with E-state index in [0.29, 0.717) is 12.0 Å². The highest BCUT2D eigenvalue weighted by molar-refractivity contribution is 5.85. The molecule has 4 nitrogen and oxygen atoms in total. The molecule has 1 heterocycles. The summed E-state index contributed by atoms with van der Waals surface area (Å²) in [6.07, 6.45) is 1.78. The quantitative estimate of drug-likeness (QED) is 0.801. The molecule has 0 fully saturated rings. The van der Waals surface area contributed by atoms with E-state index in [1.807, 2.05) is 0 Å². The van der Waals surface area contributed by atoms with Crippen molar-refractivity contribution in [3.63, 3.8) is 0 Å². The second-order valence-corrected chi connectivity index (χ2v) is 5.14. The van der Waals surface area contributed by atoms with E-state index in [1.165, 1.54) is 0 Å². The average molecular weight is 238 g/mol. The summed E-state index contributed by atoms with van der Waals surface area (Å²) in [5.74, 6) is -0.300. The zero-order valence-corrected chi connectivity index (χ0v) is 11.0. The lowest BCUT2D eigenvalue weighted by atomic mass is 10.1. The zero-order valence-electron chi connectivity index (χ0n) is 11.0. The molecule has 0 amide bonds. The van der Waals surface area contributed by atoms with Gasteiger partial charge in [0.1, 0.15) is 5.69 Å². The molecule has 0 spiro atoms. The van der Waals surface area contributed by atoms with Crippen LogP contribution in [0.25, 0.3) is 0 Å². The second-order valence-electron chi connectivity index (χ2n) is 5.14. The number of carbonyl (C=O) groups is 1. The van der Waals surface area contributed by atoms with Crippen molar-refractivity contribution in [3.8, 4) is 0 Å². The van der Waals surface area contributed by atoms with Crippen molar-refractivity contribution in [3.05, 3.63) is 23.5 Å². The summed E-state index contributed by atoms with van der Waals surface area (Å²) in [6, 6.07) is 2.17. The molecule has 0 aliphatic carbocycles. The number of nitrogens with zero attached hydrogens (tertiary/aromatic N) is 1. The number of aromatic nitrogens is 1. The molecule has 0 saturated heterocycles. The Morgan fingerprint density at radius 2 is 2.06 bits per heavy atom. The summed E-state index contributed by atoms with van der Waals surface area (Å²) in [6.45, 7) is 10.5. The van der Waals surface area contributed by atoms with Crippen LogP contribution in [-0.4, -0.2) is 33.5 Å². The van der Waals surface area contributed by atoms with E-state index < -0.39 is 5.97 Å². The molecule has 2 N–H and O–H groups in total. The van der Waals surface area contributed by atoms with Gasteiger partial charge in [0.05, 0.1) is 0 Å². The molecule has 0 aliphatic heterocycles. The highest BCUT2D eigenvalue weighted by Crippen LogP contribution is 2.12. The fourth-order valence-corrected chi connectivity index (χ4v) is 1.82.